The first kappa shape index (κ1) is 14.4. The van der Waals surface area contributed by atoms with Gasteiger partial charge in [-0.1, -0.05) is 29.8 Å². The van der Waals surface area contributed by atoms with E-state index in [2.05, 4.69) is 29.1 Å². The number of likely N-dealkylation sites (tertiary alicyclic amines) is 1. The summed E-state index contributed by atoms with van der Waals surface area (Å²) in [6.07, 6.45) is 1.78. The van der Waals surface area contributed by atoms with Gasteiger partial charge >= 0.3 is 0 Å². The van der Waals surface area contributed by atoms with Crippen molar-refractivity contribution >= 4 is 12.2 Å². The van der Waals surface area contributed by atoms with Crippen molar-refractivity contribution in [1.82, 2.24) is 14.8 Å². The lowest BCUT2D eigenvalue weighted by Crippen LogP contribution is -3.13. The Morgan fingerprint density at radius 1 is 1.43 bits per heavy atom. The third-order valence-electron chi connectivity index (χ3n) is 3.98. The summed E-state index contributed by atoms with van der Waals surface area (Å²) in [6, 6.07) is 8.23. The van der Waals surface area contributed by atoms with Gasteiger partial charge in [0.15, 0.2) is 12.5 Å². The predicted molar refractivity (Wildman–Crippen MR) is 83.5 cm³/mol. The zero-order valence-corrected chi connectivity index (χ0v) is 13.0. The Kier molecular flexibility index (Phi) is 4.19. The van der Waals surface area contributed by atoms with Crippen molar-refractivity contribution in [1.29, 1.82) is 0 Å². The Bertz CT molecular complexity index is 661. The Morgan fingerprint density at radius 3 is 2.90 bits per heavy atom. The molecule has 112 valence electrons. The molecule has 1 saturated heterocycles. The fourth-order valence-electron chi connectivity index (χ4n) is 2.80. The quantitative estimate of drug-likeness (QED) is 0.739. The van der Waals surface area contributed by atoms with E-state index < -0.39 is 0 Å². The van der Waals surface area contributed by atoms with Crippen LogP contribution in [0.2, 0.25) is 0 Å². The van der Waals surface area contributed by atoms with Crippen molar-refractivity contribution in [3.8, 4) is 11.4 Å². The fraction of sp³-hybridized carbons (Fsp3) is 0.467. The first-order valence-electron chi connectivity index (χ1n) is 7.37. The van der Waals surface area contributed by atoms with Crippen LogP contribution in [0.25, 0.3) is 11.4 Å². The highest BCUT2D eigenvalue weighted by Gasteiger charge is 2.21. The Morgan fingerprint density at radius 2 is 2.19 bits per heavy atom. The average Bonchev–Trinajstić information content (AvgIpc) is 2.81. The van der Waals surface area contributed by atoms with Gasteiger partial charge in [0.25, 0.3) is 0 Å². The summed E-state index contributed by atoms with van der Waals surface area (Å²) in [5.41, 5.74) is 2.27. The lowest BCUT2D eigenvalue weighted by Gasteiger charge is -2.26. The van der Waals surface area contributed by atoms with Crippen LogP contribution in [0.1, 0.15) is 18.4 Å². The van der Waals surface area contributed by atoms with Crippen molar-refractivity contribution in [3.63, 3.8) is 0 Å². The molecule has 1 aromatic heterocycles. The topological polar surface area (TPSA) is 58.3 Å². The highest BCUT2D eigenvalue weighted by atomic mass is 32.1. The van der Waals surface area contributed by atoms with Crippen LogP contribution < -0.4 is 4.90 Å². The van der Waals surface area contributed by atoms with Gasteiger partial charge in [-0.2, -0.15) is 4.98 Å². The van der Waals surface area contributed by atoms with Crippen LogP contribution in [-0.2, 0) is 6.67 Å². The molecule has 1 unspecified atom stereocenters. The maximum Gasteiger partial charge on any atom is 0.221 e. The van der Waals surface area contributed by atoms with E-state index in [9.17, 15) is 5.11 Å². The van der Waals surface area contributed by atoms with Gasteiger partial charge in [-0.25, -0.2) is 4.68 Å². The number of piperidine rings is 1. The number of hydrogen-bond acceptors (Lipinski definition) is 3. The van der Waals surface area contributed by atoms with E-state index >= 15 is 0 Å². The number of aryl methyl sites for hydroxylation is 1. The molecule has 0 saturated carbocycles. The number of benzene rings is 1. The van der Waals surface area contributed by atoms with Gasteiger partial charge in [0.05, 0.1) is 6.54 Å². The van der Waals surface area contributed by atoms with Gasteiger partial charge in [-0.3, -0.25) is 5.10 Å². The Labute approximate surface area is 129 Å². The van der Waals surface area contributed by atoms with Crippen molar-refractivity contribution in [2.24, 2.45) is 0 Å². The first-order chi connectivity index (χ1) is 10.1. The lowest BCUT2D eigenvalue weighted by molar-refractivity contribution is -0.931. The minimum Gasteiger partial charge on any atom is -0.387 e. The van der Waals surface area contributed by atoms with Gasteiger partial charge in [0.1, 0.15) is 12.6 Å². The molecule has 2 heterocycles. The third kappa shape index (κ3) is 3.40. The minimum atomic E-state index is -0.192. The molecule has 2 aromatic rings. The minimum absolute atomic E-state index is 0.192. The van der Waals surface area contributed by atoms with E-state index in [0.717, 1.165) is 44.0 Å². The molecule has 1 aliphatic heterocycles. The summed E-state index contributed by atoms with van der Waals surface area (Å²) in [7, 11) is 0. The molecule has 1 fully saturated rings. The zero-order valence-electron chi connectivity index (χ0n) is 12.2. The second-order valence-corrected chi connectivity index (χ2v) is 6.17. The number of quaternary nitrogens is 1. The predicted octanol–water partition coefficient (Wildman–Crippen LogP) is 0.913. The summed E-state index contributed by atoms with van der Waals surface area (Å²) < 4.78 is 2.47. The number of aromatic nitrogens is 3. The van der Waals surface area contributed by atoms with Gasteiger partial charge in [0.2, 0.25) is 4.77 Å². The van der Waals surface area contributed by atoms with Crippen molar-refractivity contribution in [2.45, 2.75) is 32.5 Å². The normalized spacial score (nSPS) is 22.4. The molecule has 0 bridgehead atoms. The smallest absolute Gasteiger partial charge is 0.221 e. The van der Waals surface area contributed by atoms with Crippen LogP contribution in [0.3, 0.4) is 0 Å². The lowest BCUT2D eigenvalue weighted by atomic mass is 10.1. The van der Waals surface area contributed by atoms with E-state index in [1.54, 1.807) is 0 Å². The number of nitrogens with zero attached hydrogens (tertiary/aromatic N) is 2. The molecule has 3 N–H and O–H groups in total. The number of aliphatic hydroxyl groups is 1. The number of H-pyrrole nitrogens is 1. The standard InChI is InChI=1S/C15H20N4OS/c1-11-4-6-12(7-5-11)14-16-15(21)19(17-14)10-18-8-2-3-13(20)9-18/h4-7,13,20H,2-3,8-10H2,1H3,(H,16,17,21)/p+1/t13-/m0/s1. The molecule has 1 aromatic carbocycles. The van der Waals surface area contributed by atoms with Crippen LogP contribution in [0.5, 0.6) is 0 Å². The maximum absolute atomic E-state index is 9.75. The fourth-order valence-corrected chi connectivity index (χ4v) is 3.00. The number of aromatic amines is 1. The Hall–Kier alpha value is -1.50. The molecule has 0 radical (unpaired) electrons. The second-order valence-electron chi connectivity index (χ2n) is 5.81. The van der Waals surface area contributed by atoms with Gasteiger partial charge in [-0.15, -0.1) is 0 Å². The molecule has 5 nitrogen and oxygen atoms in total. The van der Waals surface area contributed by atoms with Crippen molar-refractivity contribution < 1.29 is 10.0 Å². The number of nitrogens with one attached hydrogen (secondary N) is 2. The molecule has 1 aliphatic rings. The van der Waals surface area contributed by atoms with E-state index in [0.29, 0.717) is 4.77 Å². The van der Waals surface area contributed by atoms with Crippen LogP contribution >= 0.6 is 12.2 Å². The summed E-state index contributed by atoms with van der Waals surface area (Å²) in [4.78, 5) is 5.78. The summed E-state index contributed by atoms with van der Waals surface area (Å²) in [5, 5.41) is 13.0. The molecule has 0 aliphatic carbocycles. The summed E-state index contributed by atoms with van der Waals surface area (Å²) in [5.74, 6) is 0.803. The van der Waals surface area contributed by atoms with Crippen molar-refractivity contribution in [3.05, 3.63) is 34.6 Å². The molecule has 0 amide bonds. The number of hydrogen-bond donors (Lipinski definition) is 3. The molecular formula is C15H21N4OS+. The molecule has 2 atom stereocenters. The molecule has 3 rings (SSSR count). The van der Waals surface area contributed by atoms with E-state index in [1.807, 2.05) is 16.8 Å². The molecule has 0 spiro atoms. The van der Waals surface area contributed by atoms with Crippen LogP contribution in [-0.4, -0.2) is 39.1 Å². The zero-order chi connectivity index (χ0) is 14.8. The van der Waals surface area contributed by atoms with Gasteiger partial charge in [-0.05, 0) is 32.0 Å². The van der Waals surface area contributed by atoms with Crippen LogP contribution in [0.15, 0.2) is 24.3 Å². The maximum atomic E-state index is 9.75. The third-order valence-corrected chi connectivity index (χ3v) is 4.29. The number of aliphatic hydroxyl groups excluding tert-OH is 1. The van der Waals surface area contributed by atoms with Crippen LogP contribution in [0, 0.1) is 11.7 Å². The largest absolute Gasteiger partial charge is 0.387 e. The first-order valence-corrected chi connectivity index (χ1v) is 7.78. The molecule has 21 heavy (non-hydrogen) atoms. The highest BCUT2D eigenvalue weighted by molar-refractivity contribution is 7.71. The van der Waals surface area contributed by atoms with E-state index in [1.165, 1.54) is 10.5 Å². The molecular weight excluding hydrogens is 284 g/mol. The molecule has 6 heteroatoms. The van der Waals surface area contributed by atoms with E-state index in [4.69, 9.17) is 12.2 Å². The van der Waals surface area contributed by atoms with Crippen LogP contribution in [0.4, 0.5) is 0 Å². The van der Waals surface area contributed by atoms with Gasteiger partial charge < -0.3 is 10.0 Å². The average molecular weight is 305 g/mol. The van der Waals surface area contributed by atoms with E-state index in [-0.39, 0.29) is 6.10 Å². The highest BCUT2D eigenvalue weighted by Crippen LogP contribution is 2.15. The van der Waals surface area contributed by atoms with Gasteiger partial charge in [0, 0.05) is 5.56 Å². The SMILES string of the molecule is Cc1ccc(-c2nc(=S)n(C[NH+]3CCC[C@H](O)C3)[nH]2)cc1. The monoisotopic (exact) mass is 305 g/mol. The van der Waals surface area contributed by atoms with Crippen molar-refractivity contribution in [2.75, 3.05) is 13.1 Å². The summed E-state index contributed by atoms with van der Waals surface area (Å²) in [6.45, 7) is 4.64. The Balaban J connectivity index is 1.78. The second kappa shape index (κ2) is 6.09. The number of rotatable bonds is 3. The summed E-state index contributed by atoms with van der Waals surface area (Å²) >= 11 is 5.34.